The lowest BCUT2D eigenvalue weighted by molar-refractivity contribution is -0.121. The van der Waals surface area contributed by atoms with Gasteiger partial charge >= 0.3 is 0 Å². The van der Waals surface area contributed by atoms with Gasteiger partial charge < -0.3 is 10.1 Å². The molecule has 1 aromatic carbocycles. The number of ketones is 1. The number of morpholine rings is 1. The molecule has 24 heavy (non-hydrogen) atoms. The fourth-order valence-electron chi connectivity index (χ4n) is 2.78. The molecule has 0 aromatic heterocycles. The third kappa shape index (κ3) is 6.42. The predicted molar refractivity (Wildman–Crippen MR) is 94.2 cm³/mol. The molecule has 5 nitrogen and oxygen atoms in total. The highest BCUT2D eigenvalue weighted by Gasteiger charge is 2.15. The van der Waals surface area contributed by atoms with Crippen molar-refractivity contribution in [3.8, 4) is 0 Å². The van der Waals surface area contributed by atoms with Crippen molar-refractivity contribution in [2.24, 2.45) is 5.92 Å². The largest absolute Gasteiger partial charge is 0.379 e. The number of hydrogen-bond donors (Lipinski definition) is 1. The smallest absolute Gasteiger partial charge is 0.220 e. The number of aryl methyl sites for hydroxylation is 1. The molecule has 0 aliphatic carbocycles. The van der Waals surface area contributed by atoms with Crippen LogP contribution in [0.15, 0.2) is 24.3 Å². The Hall–Kier alpha value is -1.72. The van der Waals surface area contributed by atoms with Crippen molar-refractivity contribution in [1.29, 1.82) is 0 Å². The maximum atomic E-state index is 12.1. The number of Topliss-reactive ketones (excluding diaryl/α,β-unsaturated/α-hetero) is 1. The van der Waals surface area contributed by atoms with Gasteiger partial charge in [0.25, 0.3) is 0 Å². The molecule has 1 atom stereocenters. The van der Waals surface area contributed by atoms with E-state index in [1.165, 1.54) is 0 Å². The van der Waals surface area contributed by atoms with E-state index in [4.69, 9.17) is 4.74 Å². The summed E-state index contributed by atoms with van der Waals surface area (Å²) < 4.78 is 5.33. The molecule has 1 N–H and O–H groups in total. The zero-order chi connectivity index (χ0) is 17.4. The highest BCUT2D eigenvalue weighted by Crippen LogP contribution is 2.08. The Morgan fingerprint density at radius 1 is 1.17 bits per heavy atom. The number of nitrogens with zero attached hydrogens (tertiary/aromatic N) is 1. The molecule has 1 heterocycles. The van der Waals surface area contributed by atoms with E-state index in [0.717, 1.165) is 38.4 Å². The molecule has 0 radical (unpaired) electrons. The quantitative estimate of drug-likeness (QED) is 0.740. The third-order valence-electron chi connectivity index (χ3n) is 4.27. The minimum absolute atomic E-state index is 0.0199. The molecule has 1 aliphatic rings. The fraction of sp³-hybridized carbons (Fsp3) is 0.579. The number of nitrogens with one attached hydrogen (secondary N) is 1. The van der Waals surface area contributed by atoms with Crippen LogP contribution >= 0.6 is 0 Å². The van der Waals surface area contributed by atoms with Gasteiger partial charge in [0.05, 0.1) is 13.2 Å². The molecule has 1 saturated heterocycles. The second kappa shape index (κ2) is 9.55. The first kappa shape index (κ1) is 18.6. The fourth-order valence-corrected chi connectivity index (χ4v) is 2.78. The summed E-state index contributed by atoms with van der Waals surface area (Å²) in [7, 11) is 0. The van der Waals surface area contributed by atoms with Crippen LogP contribution in [0.1, 0.15) is 35.7 Å². The Morgan fingerprint density at radius 3 is 2.50 bits per heavy atom. The van der Waals surface area contributed by atoms with Crippen molar-refractivity contribution in [2.75, 3.05) is 39.4 Å². The van der Waals surface area contributed by atoms with Gasteiger partial charge in [0.15, 0.2) is 5.78 Å². The van der Waals surface area contributed by atoms with Crippen LogP contribution in [0.3, 0.4) is 0 Å². The minimum atomic E-state index is -0.0516. The lowest BCUT2D eigenvalue weighted by Gasteiger charge is -2.29. The molecular weight excluding hydrogens is 304 g/mol. The zero-order valence-corrected chi connectivity index (χ0v) is 14.7. The molecule has 1 amide bonds. The Bertz CT molecular complexity index is 536. The van der Waals surface area contributed by atoms with Crippen LogP contribution in [0.2, 0.25) is 0 Å². The second-order valence-electron chi connectivity index (χ2n) is 6.61. The molecular formula is C19H28N2O3. The maximum Gasteiger partial charge on any atom is 0.220 e. The first-order valence-corrected chi connectivity index (χ1v) is 8.71. The second-order valence-corrected chi connectivity index (χ2v) is 6.61. The Labute approximate surface area is 144 Å². The van der Waals surface area contributed by atoms with E-state index in [0.29, 0.717) is 18.0 Å². The lowest BCUT2D eigenvalue weighted by atomic mass is 10.0. The van der Waals surface area contributed by atoms with Crippen molar-refractivity contribution >= 4 is 11.7 Å². The summed E-state index contributed by atoms with van der Waals surface area (Å²) in [5.41, 5.74) is 1.80. The minimum Gasteiger partial charge on any atom is -0.379 e. The average molecular weight is 332 g/mol. The molecule has 1 aromatic rings. The van der Waals surface area contributed by atoms with E-state index in [1.807, 2.05) is 31.2 Å². The summed E-state index contributed by atoms with van der Waals surface area (Å²) in [4.78, 5) is 26.4. The van der Waals surface area contributed by atoms with Gasteiger partial charge in [-0.1, -0.05) is 36.8 Å². The van der Waals surface area contributed by atoms with Gasteiger partial charge in [0, 0.05) is 44.6 Å². The molecule has 1 aliphatic heterocycles. The van der Waals surface area contributed by atoms with Crippen molar-refractivity contribution in [1.82, 2.24) is 10.2 Å². The number of benzene rings is 1. The van der Waals surface area contributed by atoms with Crippen LogP contribution in [0.4, 0.5) is 0 Å². The van der Waals surface area contributed by atoms with Gasteiger partial charge in [-0.3, -0.25) is 14.5 Å². The Kier molecular flexibility index (Phi) is 7.40. The number of carbonyl (C=O) groups excluding carboxylic acids is 2. The molecule has 1 fully saturated rings. The summed E-state index contributed by atoms with van der Waals surface area (Å²) in [5, 5.41) is 2.94. The SMILES string of the molecule is Cc1ccc(C(=O)CCC(=O)NCC(C)CN2CCOCC2)cc1. The van der Waals surface area contributed by atoms with E-state index in [-0.39, 0.29) is 24.5 Å². The van der Waals surface area contributed by atoms with E-state index in [1.54, 1.807) is 0 Å². The summed E-state index contributed by atoms with van der Waals surface area (Å²) in [6.45, 7) is 9.24. The normalized spacial score (nSPS) is 16.6. The number of rotatable bonds is 8. The third-order valence-corrected chi connectivity index (χ3v) is 4.27. The van der Waals surface area contributed by atoms with Crippen molar-refractivity contribution in [3.63, 3.8) is 0 Å². The molecule has 0 saturated carbocycles. The van der Waals surface area contributed by atoms with Gasteiger partial charge in [0.2, 0.25) is 5.91 Å². The summed E-state index contributed by atoms with van der Waals surface area (Å²) in [6, 6.07) is 7.47. The Balaban J connectivity index is 1.63. The molecule has 0 spiro atoms. The van der Waals surface area contributed by atoms with Gasteiger partial charge in [-0.05, 0) is 12.8 Å². The van der Waals surface area contributed by atoms with Crippen LogP contribution in [0, 0.1) is 12.8 Å². The molecule has 0 bridgehead atoms. The van der Waals surface area contributed by atoms with Gasteiger partial charge in [0.1, 0.15) is 0 Å². The van der Waals surface area contributed by atoms with Crippen LogP contribution in [0.25, 0.3) is 0 Å². The van der Waals surface area contributed by atoms with E-state index in [9.17, 15) is 9.59 Å². The van der Waals surface area contributed by atoms with Crippen molar-refractivity contribution in [3.05, 3.63) is 35.4 Å². The highest BCUT2D eigenvalue weighted by molar-refractivity contribution is 5.97. The first-order valence-electron chi connectivity index (χ1n) is 8.71. The van der Waals surface area contributed by atoms with Gasteiger partial charge in [-0.25, -0.2) is 0 Å². The topological polar surface area (TPSA) is 58.6 Å². The molecule has 132 valence electrons. The highest BCUT2D eigenvalue weighted by atomic mass is 16.5. The lowest BCUT2D eigenvalue weighted by Crippen LogP contribution is -2.41. The first-order chi connectivity index (χ1) is 11.5. The van der Waals surface area contributed by atoms with Crippen LogP contribution < -0.4 is 5.32 Å². The molecule has 2 rings (SSSR count). The van der Waals surface area contributed by atoms with E-state index in [2.05, 4.69) is 17.1 Å². The number of hydrogen-bond acceptors (Lipinski definition) is 4. The average Bonchev–Trinajstić information content (AvgIpc) is 2.59. The van der Waals surface area contributed by atoms with Crippen molar-refractivity contribution in [2.45, 2.75) is 26.7 Å². The van der Waals surface area contributed by atoms with Crippen molar-refractivity contribution < 1.29 is 14.3 Å². The zero-order valence-electron chi connectivity index (χ0n) is 14.7. The van der Waals surface area contributed by atoms with E-state index >= 15 is 0 Å². The monoisotopic (exact) mass is 332 g/mol. The maximum absolute atomic E-state index is 12.1. The summed E-state index contributed by atoms with van der Waals surface area (Å²) in [6.07, 6.45) is 0.504. The van der Waals surface area contributed by atoms with Crippen LogP contribution in [-0.4, -0.2) is 56.0 Å². The van der Waals surface area contributed by atoms with Gasteiger partial charge in [-0.15, -0.1) is 0 Å². The summed E-state index contributed by atoms with van der Waals surface area (Å²) in [5.74, 6) is 0.357. The predicted octanol–water partition coefficient (Wildman–Crippen LogP) is 2.04. The molecule has 5 heteroatoms. The number of carbonyl (C=O) groups is 2. The number of ether oxygens (including phenoxy) is 1. The standard InChI is InChI=1S/C19H28N2O3/c1-15-3-5-17(6-4-15)18(22)7-8-19(23)20-13-16(2)14-21-9-11-24-12-10-21/h3-6,16H,7-14H2,1-2H3,(H,20,23). The van der Waals surface area contributed by atoms with Crippen LogP contribution in [0.5, 0.6) is 0 Å². The van der Waals surface area contributed by atoms with Gasteiger partial charge in [-0.2, -0.15) is 0 Å². The number of amides is 1. The summed E-state index contributed by atoms with van der Waals surface area (Å²) >= 11 is 0. The van der Waals surface area contributed by atoms with E-state index < -0.39 is 0 Å². The molecule has 1 unspecified atom stereocenters. The van der Waals surface area contributed by atoms with Crippen LogP contribution in [-0.2, 0) is 9.53 Å². The Morgan fingerprint density at radius 2 is 1.83 bits per heavy atom.